The van der Waals surface area contributed by atoms with Gasteiger partial charge in [-0.2, -0.15) is 0 Å². The predicted octanol–water partition coefficient (Wildman–Crippen LogP) is 5.09. The lowest BCUT2D eigenvalue weighted by Crippen LogP contribution is -2.13. The maximum atomic E-state index is 11.9. The van der Waals surface area contributed by atoms with E-state index in [4.69, 9.17) is 5.11 Å². The molecule has 3 nitrogen and oxygen atoms in total. The highest BCUT2D eigenvalue weighted by Gasteiger charge is 2.26. The smallest absolute Gasteiger partial charge is 0.303 e. The highest BCUT2D eigenvalue weighted by Crippen LogP contribution is 2.27. The number of carbonyl (C=O) groups excluding carboxylic acids is 1. The highest BCUT2D eigenvalue weighted by atomic mass is 16.4. The lowest BCUT2D eigenvalue weighted by Gasteiger charge is -2.12. The largest absolute Gasteiger partial charge is 0.481 e. The second kappa shape index (κ2) is 11.9. The molecule has 2 atom stereocenters. The van der Waals surface area contributed by atoms with Gasteiger partial charge in [0.2, 0.25) is 0 Å². The van der Waals surface area contributed by atoms with E-state index in [1.807, 2.05) is 18.2 Å². The second-order valence-corrected chi connectivity index (χ2v) is 6.22. The third kappa shape index (κ3) is 8.53. The van der Waals surface area contributed by atoms with E-state index < -0.39 is 5.97 Å². The van der Waals surface area contributed by atoms with Gasteiger partial charge in [0.1, 0.15) is 0 Å². The van der Waals surface area contributed by atoms with Gasteiger partial charge in [-0.3, -0.25) is 9.59 Å². The van der Waals surface area contributed by atoms with Crippen LogP contribution >= 0.6 is 0 Å². The zero-order valence-corrected chi connectivity index (χ0v) is 14.2. The first-order valence-corrected chi connectivity index (χ1v) is 8.90. The molecule has 0 amide bonds. The summed E-state index contributed by atoms with van der Waals surface area (Å²) in [4.78, 5) is 22.4. The van der Waals surface area contributed by atoms with Gasteiger partial charge in [-0.1, -0.05) is 56.6 Å². The third-order valence-electron chi connectivity index (χ3n) is 4.21. The van der Waals surface area contributed by atoms with E-state index in [1.54, 1.807) is 6.08 Å². The van der Waals surface area contributed by atoms with Gasteiger partial charge in [-0.05, 0) is 38.2 Å². The number of hydrogen-bond donors (Lipinski definition) is 1. The van der Waals surface area contributed by atoms with Crippen LogP contribution in [0.4, 0.5) is 0 Å². The van der Waals surface area contributed by atoms with Gasteiger partial charge in [0, 0.05) is 18.3 Å². The predicted molar refractivity (Wildman–Crippen MR) is 94.3 cm³/mol. The van der Waals surface area contributed by atoms with E-state index in [9.17, 15) is 9.59 Å². The molecular formula is C20H30O3. The van der Waals surface area contributed by atoms with Crippen molar-refractivity contribution in [3.63, 3.8) is 0 Å². The molecule has 1 aliphatic rings. The van der Waals surface area contributed by atoms with Crippen LogP contribution in [-0.4, -0.2) is 16.9 Å². The summed E-state index contributed by atoms with van der Waals surface area (Å²) in [7, 11) is 0. The van der Waals surface area contributed by atoms with E-state index >= 15 is 0 Å². The Morgan fingerprint density at radius 1 is 1.13 bits per heavy atom. The Balaban J connectivity index is 2.29. The molecule has 23 heavy (non-hydrogen) atoms. The van der Waals surface area contributed by atoms with Crippen LogP contribution in [-0.2, 0) is 9.59 Å². The molecule has 3 heteroatoms. The molecule has 0 spiro atoms. The van der Waals surface area contributed by atoms with Crippen molar-refractivity contribution in [3.05, 3.63) is 36.5 Å². The molecule has 0 aliphatic heterocycles. The number of allylic oxidation sites excluding steroid dienone is 6. The first-order valence-electron chi connectivity index (χ1n) is 8.90. The average molecular weight is 318 g/mol. The van der Waals surface area contributed by atoms with Crippen molar-refractivity contribution in [2.45, 2.75) is 64.7 Å². The first-order chi connectivity index (χ1) is 11.1. The number of ketones is 1. The van der Waals surface area contributed by atoms with Crippen LogP contribution < -0.4 is 0 Å². The van der Waals surface area contributed by atoms with E-state index in [0.29, 0.717) is 6.42 Å². The highest BCUT2D eigenvalue weighted by molar-refractivity contribution is 5.95. The minimum Gasteiger partial charge on any atom is -0.481 e. The Morgan fingerprint density at radius 2 is 1.91 bits per heavy atom. The van der Waals surface area contributed by atoms with Crippen LogP contribution in [0.25, 0.3) is 0 Å². The molecule has 1 rings (SSSR count). The molecule has 128 valence electrons. The Kier molecular flexibility index (Phi) is 10.0. The summed E-state index contributed by atoms with van der Waals surface area (Å²) >= 11 is 0. The summed E-state index contributed by atoms with van der Waals surface area (Å²) in [5, 5.41) is 8.58. The monoisotopic (exact) mass is 318 g/mol. The Hall–Kier alpha value is -1.64. The van der Waals surface area contributed by atoms with Gasteiger partial charge >= 0.3 is 5.97 Å². The van der Waals surface area contributed by atoms with Crippen LogP contribution in [0.3, 0.4) is 0 Å². The molecule has 0 bridgehead atoms. The van der Waals surface area contributed by atoms with Gasteiger partial charge < -0.3 is 5.11 Å². The van der Waals surface area contributed by atoms with Crippen molar-refractivity contribution < 1.29 is 14.7 Å². The molecule has 1 N–H and O–H groups in total. The van der Waals surface area contributed by atoms with E-state index in [0.717, 1.165) is 19.3 Å². The minimum absolute atomic E-state index is 0.0256. The average Bonchev–Trinajstić information content (AvgIpc) is 2.86. The lowest BCUT2D eigenvalue weighted by atomic mass is 9.90. The lowest BCUT2D eigenvalue weighted by molar-refractivity contribution is -0.137. The number of hydrogen-bond acceptors (Lipinski definition) is 2. The van der Waals surface area contributed by atoms with Crippen molar-refractivity contribution in [2.75, 3.05) is 0 Å². The zero-order valence-electron chi connectivity index (χ0n) is 14.2. The quantitative estimate of drug-likeness (QED) is 0.403. The summed E-state index contributed by atoms with van der Waals surface area (Å²) in [6, 6.07) is 0. The Morgan fingerprint density at radius 3 is 2.65 bits per heavy atom. The van der Waals surface area contributed by atoms with Crippen molar-refractivity contribution in [1.82, 2.24) is 0 Å². The molecule has 0 saturated carbocycles. The Labute approximate surface area is 140 Å². The summed E-state index contributed by atoms with van der Waals surface area (Å²) < 4.78 is 0. The van der Waals surface area contributed by atoms with Crippen LogP contribution in [0.1, 0.15) is 64.7 Å². The molecule has 1 aliphatic carbocycles. The van der Waals surface area contributed by atoms with Gasteiger partial charge in [-0.15, -0.1) is 0 Å². The van der Waals surface area contributed by atoms with Crippen LogP contribution in [0.15, 0.2) is 36.5 Å². The van der Waals surface area contributed by atoms with Crippen molar-refractivity contribution in [3.8, 4) is 0 Å². The van der Waals surface area contributed by atoms with Gasteiger partial charge in [-0.25, -0.2) is 0 Å². The van der Waals surface area contributed by atoms with E-state index in [-0.39, 0.29) is 24.0 Å². The van der Waals surface area contributed by atoms with E-state index in [1.165, 1.54) is 25.7 Å². The summed E-state index contributed by atoms with van der Waals surface area (Å²) in [6.45, 7) is 2.21. The summed E-state index contributed by atoms with van der Waals surface area (Å²) in [5.74, 6) is -0.298. The number of rotatable bonds is 12. The number of aliphatic carboxylic acids is 1. The molecular weight excluding hydrogens is 288 g/mol. The van der Waals surface area contributed by atoms with Crippen molar-refractivity contribution in [2.24, 2.45) is 11.8 Å². The Bertz CT molecular complexity index is 446. The van der Waals surface area contributed by atoms with Crippen LogP contribution in [0.2, 0.25) is 0 Å². The SMILES string of the molecule is CCCCCCC=CC1C=CC(=O)C1CC=CCCCC(=O)O. The number of unbranched alkanes of at least 4 members (excludes halogenated alkanes) is 5. The number of carbonyl (C=O) groups is 2. The topological polar surface area (TPSA) is 54.4 Å². The normalized spacial score (nSPS) is 21.0. The summed E-state index contributed by atoms with van der Waals surface area (Å²) in [6.07, 6.45) is 20.6. The standard InChI is InChI=1S/C20H30O3/c1-2-3-4-5-6-9-12-17-15-16-19(21)18(17)13-10-7-8-11-14-20(22)23/h7,9-10,12,15-18H,2-6,8,11,13-14H2,1H3,(H,22,23). The fourth-order valence-corrected chi connectivity index (χ4v) is 2.80. The minimum atomic E-state index is -0.752. The maximum absolute atomic E-state index is 11.9. The molecule has 0 fully saturated rings. The molecule has 0 aromatic carbocycles. The fraction of sp³-hybridized carbons (Fsp3) is 0.600. The molecule has 0 aromatic rings. The molecule has 0 saturated heterocycles. The van der Waals surface area contributed by atoms with Gasteiger partial charge in [0.15, 0.2) is 5.78 Å². The van der Waals surface area contributed by atoms with Crippen LogP contribution in [0, 0.1) is 11.8 Å². The first kappa shape index (κ1) is 19.4. The van der Waals surface area contributed by atoms with E-state index in [2.05, 4.69) is 19.1 Å². The van der Waals surface area contributed by atoms with Gasteiger partial charge in [0.05, 0.1) is 0 Å². The molecule has 0 radical (unpaired) electrons. The zero-order chi connectivity index (χ0) is 16.9. The third-order valence-corrected chi connectivity index (χ3v) is 4.21. The van der Waals surface area contributed by atoms with Crippen molar-refractivity contribution in [1.29, 1.82) is 0 Å². The van der Waals surface area contributed by atoms with Crippen LogP contribution in [0.5, 0.6) is 0 Å². The maximum Gasteiger partial charge on any atom is 0.303 e. The second-order valence-electron chi connectivity index (χ2n) is 6.22. The molecule has 0 heterocycles. The van der Waals surface area contributed by atoms with Gasteiger partial charge in [0.25, 0.3) is 0 Å². The fourth-order valence-electron chi connectivity index (χ4n) is 2.80. The summed E-state index contributed by atoms with van der Waals surface area (Å²) in [5.41, 5.74) is 0. The number of carboxylic acid groups (broad SMARTS) is 1. The molecule has 2 unspecified atom stereocenters. The number of carboxylic acids is 1. The molecule has 0 aromatic heterocycles. The van der Waals surface area contributed by atoms with Crippen molar-refractivity contribution >= 4 is 11.8 Å².